The standard InChI is InChI=1S/C22H25N3O4S/c26-21-15-17(16-25(21)19-7-3-1-4-8-19)22(27)23-18-9-11-20(12-10-18)30(28,29)24-13-5-2-6-14-24/h1,3-4,7-12,17H,2,5-6,13-16H2,(H,23,27)/t17-/m1/s1. The zero-order valence-corrected chi connectivity index (χ0v) is 17.5. The van der Waals surface area contributed by atoms with Gasteiger partial charge in [-0.25, -0.2) is 8.42 Å². The summed E-state index contributed by atoms with van der Waals surface area (Å²) >= 11 is 0. The Balaban J connectivity index is 1.40. The van der Waals surface area contributed by atoms with E-state index >= 15 is 0 Å². The fourth-order valence-electron chi connectivity index (χ4n) is 3.95. The first-order valence-corrected chi connectivity index (χ1v) is 11.7. The molecule has 0 aliphatic carbocycles. The Labute approximate surface area is 176 Å². The minimum absolute atomic E-state index is 0.0793. The maximum Gasteiger partial charge on any atom is 0.243 e. The second kappa shape index (κ2) is 8.57. The van der Waals surface area contributed by atoms with Crippen LogP contribution in [0.5, 0.6) is 0 Å². The van der Waals surface area contributed by atoms with Crippen molar-refractivity contribution in [3.8, 4) is 0 Å². The van der Waals surface area contributed by atoms with Crippen molar-refractivity contribution in [2.45, 2.75) is 30.6 Å². The number of hydrogen-bond donors (Lipinski definition) is 1. The minimum Gasteiger partial charge on any atom is -0.326 e. The lowest BCUT2D eigenvalue weighted by molar-refractivity contribution is -0.122. The Morgan fingerprint density at radius 2 is 1.60 bits per heavy atom. The molecule has 2 aromatic rings. The highest BCUT2D eigenvalue weighted by atomic mass is 32.2. The van der Waals surface area contributed by atoms with Crippen molar-refractivity contribution in [3.05, 3.63) is 54.6 Å². The van der Waals surface area contributed by atoms with Crippen molar-refractivity contribution in [2.24, 2.45) is 5.92 Å². The lowest BCUT2D eigenvalue weighted by Crippen LogP contribution is -2.35. The molecule has 1 N–H and O–H groups in total. The molecule has 8 heteroatoms. The maximum absolute atomic E-state index is 12.7. The fourth-order valence-corrected chi connectivity index (χ4v) is 5.47. The van der Waals surface area contributed by atoms with Crippen LogP contribution >= 0.6 is 0 Å². The average Bonchev–Trinajstić information content (AvgIpc) is 3.17. The van der Waals surface area contributed by atoms with Crippen LogP contribution in [0.4, 0.5) is 11.4 Å². The number of carbonyl (C=O) groups excluding carboxylic acids is 2. The first-order valence-electron chi connectivity index (χ1n) is 10.2. The van der Waals surface area contributed by atoms with Crippen molar-refractivity contribution >= 4 is 33.2 Å². The van der Waals surface area contributed by atoms with Gasteiger partial charge in [-0.1, -0.05) is 24.6 Å². The molecule has 0 saturated carbocycles. The molecule has 2 aliphatic heterocycles. The second-order valence-corrected chi connectivity index (χ2v) is 9.66. The highest BCUT2D eigenvalue weighted by molar-refractivity contribution is 7.89. The normalized spacial score (nSPS) is 20.3. The number of anilines is 2. The van der Waals surface area contributed by atoms with E-state index in [9.17, 15) is 18.0 Å². The van der Waals surface area contributed by atoms with Crippen molar-refractivity contribution in [2.75, 3.05) is 29.9 Å². The number of rotatable bonds is 5. The number of amides is 2. The summed E-state index contributed by atoms with van der Waals surface area (Å²) in [5, 5.41) is 2.81. The Bertz CT molecular complexity index is 1020. The van der Waals surface area contributed by atoms with Gasteiger partial charge in [-0.15, -0.1) is 0 Å². The van der Waals surface area contributed by atoms with E-state index in [-0.39, 0.29) is 23.1 Å². The van der Waals surface area contributed by atoms with Gasteiger partial charge < -0.3 is 10.2 Å². The molecule has 0 unspecified atom stereocenters. The van der Waals surface area contributed by atoms with Crippen LogP contribution in [0.2, 0.25) is 0 Å². The van der Waals surface area contributed by atoms with E-state index in [0.29, 0.717) is 25.3 Å². The van der Waals surface area contributed by atoms with Crippen LogP contribution in [0.3, 0.4) is 0 Å². The van der Waals surface area contributed by atoms with Gasteiger partial charge in [0, 0.05) is 37.4 Å². The molecule has 2 saturated heterocycles. The summed E-state index contributed by atoms with van der Waals surface area (Å²) in [7, 11) is -3.50. The summed E-state index contributed by atoms with van der Waals surface area (Å²) in [6.45, 7) is 1.43. The van der Waals surface area contributed by atoms with Crippen LogP contribution in [0.1, 0.15) is 25.7 Å². The topological polar surface area (TPSA) is 86.8 Å². The molecule has 2 fully saturated rings. The van der Waals surface area contributed by atoms with Crippen LogP contribution < -0.4 is 10.2 Å². The Morgan fingerprint density at radius 1 is 0.933 bits per heavy atom. The smallest absolute Gasteiger partial charge is 0.243 e. The number of carbonyl (C=O) groups is 2. The summed E-state index contributed by atoms with van der Waals surface area (Å²) in [4.78, 5) is 26.8. The number of para-hydroxylation sites is 1. The van der Waals surface area contributed by atoms with Crippen LogP contribution in [0.15, 0.2) is 59.5 Å². The lowest BCUT2D eigenvalue weighted by atomic mass is 10.1. The zero-order valence-electron chi connectivity index (χ0n) is 16.7. The van der Waals surface area contributed by atoms with Crippen molar-refractivity contribution in [1.82, 2.24) is 4.31 Å². The molecular weight excluding hydrogens is 402 g/mol. The molecule has 2 heterocycles. The Hall–Kier alpha value is -2.71. The molecule has 2 aromatic carbocycles. The molecule has 0 spiro atoms. The average molecular weight is 428 g/mol. The van der Waals surface area contributed by atoms with E-state index in [4.69, 9.17) is 0 Å². The largest absolute Gasteiger partial charge is 0.326 e. The number of benzene rings is 2. The molecule has 4 rings (SSSR count). The van der Waals surface area contributed by atoms with Gasteiger partial charge in [0.15, 0.2) is 0 Å². The van der Waals surface area contributed by atoms with Gasteiger partial charge in [0.1, 0.15) is 0 Å². The molecular formula is C22H25N3O4S. The first-order chi connectivity index (χ1) is 14.4. The Kier molecular flexibility index (Phi) is 5.87. The van der Waals surface area contributed by atoms with Gasteiger partial charge in [-0.05, 0) is 49.2 Å². The number of sulfonamides is 1. The molecule has 0 radical (unpaired) electrons. The molecule has 30 heavy (non-hydrogen) atoms. The van der Waals surface area contributed by atoms with Crippen molar-refractivity contribution in [1.29, 1.82) is 0 Å². The van der Waals surface area contributed by atoms with E-state index in [1.54, 1.807) is 17.0 Å². The predicted molar refractivity (Wildman–Crippen MR) is 115 cm³/mol. The Morgan fingerprint density at radius 3 is 2.27 bits per heavy atom. The van der Waals surface area contributed by atoms with Gasteiger partial charge in [0.2, 0.25) is 21.8 Å². The molecule has 0 bridgehead atoms. The first kappa shape index (κ1) is 20.6. The summed E-state index contributed by atoms with van der Waals surface area (Å²) in [5.74, 6) is -0.771. The molecule has 1 atom stereocenters. The van der Waals surface area contributed by atoms with Crippen LogP contribution in [-0.4, -0.2) is 44.2 Å². The van der Waals surface area contributed by atoms with Crippen LogP contribution in [-0.2, 0) is 19.6 Å². The third-order valence-electron chi connectivity index (χ3n) is 5.64. The minimum atomic E-state index is -3.50. The number of piperidine rings is 1. The quantitative estimate of drug-likeness (QED) is 0.795. The highest BCUT2D eigenvalue weighted by Crippen LogP contribution is 2.26. The van der Waals surface area contributed by atoms with E-state index in [1.165, 1.54) is 16.4 Å². The monoisotopic (exact) mass is 427 g/mol. The summed E-state index contributed by atoms with van der Waals surface area (Å²) in [6, 6.07) is 15.5. The van der Waals surface area contributed by atoms with E-state index in [2.05, 4.69) is 5.32 Å². The molecule has 0 aromatic heterocycles. The number of nitrogens with one attached hydrogen (secondary N) is 1. The van der Waals surface area contributed by atoms with Crippen LogP contribution in [0, 0.1) is 5.92 Å². The number of hydrogen-bond acceptors (Lipinski definition) is 4. The molecule has 7 nitrogen and oxygen atoms in total. The maximum atomic E-state index is 12.7. The molecule has 158 valence electrons. The lowest BCUT2D eigenvalue weighted by Gasteiger charge is -2.25. The van der Waals surface area contributed by atoms with Crippen molar-refractivity contribution < 1.29 is 18.0 Å². The van der Waals surface area contributed by atoms with Gasteiger partial charge in [-0.3, -0.25) is 9.59 Å². The van der Waals surface area contributed by atoms with E-state index < -0.39 is 15.9 Å². The van der Waals surface area contributed by atoms with Gasteiger partial charge in [-0.2, -0.15) is 4.31 Å². The summed E-state index contributed by atoms with van der Waals surface area (Å²) < 4.78 is 27.0. The van der Waals surface area contributed by atoms with Gasteiger partial charge in [0.25, 0.3) is 0 Å². The summed E-state index contributed by atoms with van der Waals surface area (Å²) in [6.07, 6.45) is 2.98. The number of nitrogens with zero attached hydrogens (tertiary/aromatic N) is 2. The SMILES string of the molecule is O=C(Nc1ccc(S(=O)(=O)N2CCCCC2)cc1)[C@@H]1CC(=O)N(c2ccccc2)C1. The summed E-state index contributed by atoms with van der Waals surface area (Å²) in [5.41, 5.74) is 1.30. The van der Waals surface area contributed by atoms with Gasteiger partial charge in [0.05, 0.1) is 10.8 Å². The molecule has 2 aliphatic rings. The van der Waals surface area contributed by atoms with Gasteiger partial charge >= 0.3 is 0 Å². The predicted octanol–water partition coefficient (Wildman–Crippen LogP) is 2.85. The fraction of sp³-hybridized carbons (Fsp3) is 0.364. The second-order valence-electron chi connectivity index (χ2n) is 7.72. The van der Waals surface area contributed by atoms with Crippen LogP contribution in [0.25, 0.3) is 0 Å². The van der Waals surface area contributed by atoms with E-state index in [0.717, 1.165) is 24.9 Å². The zero-order chi connectivity index (χ0) is 21.1. The third kappa shape index (κ3) is 4.24. The van der Waals surface area contributed by atoms with E-state index in [1.807, 2.05) is 30.3 Å². The molecule has 2 amide bonds. The highest BCUT2D eigenvalue weighted by Gasteiger charge is 2.35. The third-order valence-corrected chi connectivity index (χ3v) is 7.55. The van der Waals surface area contributed by atoms with Crippen molar-refractivity contribution in [3.63, 3.8) is 0 Å².